The van der Waals surface area contributed by atoms with Gasteiger partial charge in [0, 0.05) is 6.42 Å². The number of furan rings is 1. The van der Waals surface area contributed by atoms with Crippen LogP contribution in [0.3, 0.4) is 0 Å². The lowest BCUT2D eigenvalue weighted by Crippen LogP contribution is -2.29. The molecule has 1 aromatic heterocycles. The molecule has 0 spiro atoms. The van der Waals surface area contributed by atoms with Gasteiger partial charge in [0.25, 0.3) is 0 Å². The van der Waals surface area contributed by atoms with E-state index in [-0.39, 0.29) is 0 Å². The highest BCUT2D eigenvalue weighted by molar-refractivity contribution is 5.36. The summed E-state index contributed by atoms with van der Waals surface area (Å²) in [5.41, 5.74) is 1.04. The molecule has 0 saturated carbocycles. The van der Waals surface area contributed by atoms with Gasteiger partial charge in [-0.1, -0.05) is 18.2 Å². The number of rotatable bonds is 1. The smallest absolute Gasteiger partial charge is 0.182 e. The Labute approximate surface area is 93.3 Å². The highest BCUT2D eigenvalue weighted by Gasteiger charge is 2.31. The van der Waals surface area contributed by atoms with Crippen LogP contribution in [0.1, 0.15) is 17.4 Å². The molecule has 1 aliphatic rings. The van der Waals surface area contributed by atoms with Gasteiger partial charge in [-0.15, -0.1) is 0 Å². The van der Waals surface area contributed by atoms with Crippen LogP contribution in [0.15, 0.2) is 47.1 Å². The Morgan fingerprint density at radius 3 is 2.81 bits per heavy atom. The molecule has 2 aromatic rings. The van der Waals surface area contributed by atoms with Crippen molar-refractivity contribution < 1.29 is 14.3 Å². The predicted octanol–water partition coefficient (Wildman–Crippen LogP) is 2.32. The van der Waals surface area contributed by atoms with Crippen molar-refractivity contribution >= 4 is 0 Å². The zero-order chi connectivity index (χ0) is 11.0. The maximum Gasteiger partial charge on any atom is 0.182 e. The number of ether oxygens (including phenoxy) is 1. The Morgan fingerprint density at radius 1 is 1.12 bits per heavy atom. The number of para-hydroxylation sites is 1. The Kier molecular flexibility index (Phi) is 2.18. The molecule has 1 N–H and O–H groups in total. The van der Waals surface area contributed by atoms with Gasteiger partial charge in [-0.3, -0.25) is 0 Å². The van der Waals surface area contributed by atoms with Crippen molar-refractivity contribution in [1.29, 1.82) is 0 Å². The van der Waals surface area contributed by atoms with E-state index >= 15 is 0 Å². The van der Waals surface area contributed by atoms with Gasteiger partial charge in [-0.25, -0.2) is 0 Å². The summed E-state index contributed by atoms with van der Waals surface area (Å²) in [6.07, 6.45) is 1.24. The fourth-order valence-corrected chi connectivity index (χ4v) is 2.04. The van der Waals surface area contributed by atoms with Crippen molar-refractivity contribution in [1.82, 2.24) is 0 Å². The normalized spacial score (nSPS) is 23.6. The highest BCUT2D eigenvalue weighted by Crippen LogP contribution is 2.34. The van der Waals surface area contributed by atoms with Crippen LogP contribution in [0, 0.1) is 0 Å². The van der Waals surface area contributed by atoms with Gasteiger partial charge in [0.1, 0.15) is 17.6 Å². The van der Waals surface area contributed by atoms with Gasteiger partial charge in [-0.05, 0) is 23.8 Å². The molecule has 82 valence electrons. The molecule has 0 saturated heterocycles. The first-order chi connectivity index (χ1) is 7.84. The van der Waals surface area contributed by atoms with Crippen molar-refractivity contribution in [3.05, 3.63) is 54.0 Å². The summed E-state index contributed by atoms with van der Waals surface area (Å²) in [5.74, 6) is 1.50. The van der Waals surface area contributed by atoms with Gasteiger partial charge in [-0.2, -0.15) is 0 Å². The van der Waals surface area contributed by atoms with Crippen LogP contribution in [0.25, 0.3) is 0 Å². The van der Waals surface area contributed by atoms with E-state index in [0.29, 0.717) is 12.2 Å². The van der Waals surface area contributed by atoms with Gasteiger partial charge in [0.2, 0.25) is 0 Å². The summed E-state index contributed by atoms with van der Waals surface area (Å²) in [6, 6.07) is 11.4. The van der Waals surface area contributed by atoms with Crippen LogP contribution < -0.4 is 4.74 Å². The number of aliphatic hydroxyl groups excluding tert-OH is 1. The second-order valence-electron chi connectivity index (χ2n) is 3.93. The van der Waals surface area contributed by atoms with Crippen molar-refractivity contribution in [2.75, 3.05) is 0 Å². The second kappa shape index (κ2) is 3.68. The summed E-state index contributed by atoms with van der Waals surface area (Å²) in [6.45, 7) is 0. The van der Waals surface area contributed by atoms with Crippen LogP contribution in [0.2, 0.25) is 0 Å². The standard InChI is InChI=1S/C13H12O3/c14-10-8-9-4-1-2-5-11(9)16-13(10)12-6-3-7-15-12/h1-7,10,13-14H,8H2/t10-,13-/m1/s1. The molecule has 0 radical (unpaired) electrons. The van der Waals surface area contributed by atoms with Crippen molar-refractivity contribution in [2.45, 2.75) is 18.6 Å². The highest BCUT2D eigenvalue weighted by atomic mass is 16.5. The van der Waals surface area contributed by atoms with E-state index < -0.39 is 12.2 Å². The minimum atomic E-state index is -0.555. The average molecular weight is 216 g/mol. The monoisotopic (exact) mass is 216 g/mol. The molecule has 0 amide bonds. The van der Waals surface area contributed by atoms with E-state index in [1.54, 1.807) is 12.3 Å². The van der Waals surface area contributed by atoms with Crippen LogP contribution in [-0.2, 0) is 6.42 Å². The summed E-state index contributed by atoms with van der Waals surface area (Å²) < 4.78 is 11.0. The third kappa shape index (κ3) is 1.49. The zero-order valence-corrected chi connectivity index (χ0v) is 8.67. The Bertz CT molecular complexity index is 476. The maximum atomic E-state index is 10.0. The lowest BCUT2D eigenvalue weighted by molar-refractivity contribution is 0.00875. The summed E-state index contributed by atoms with van der Waals surface area (Å²) in [5, 5.41) is 10.0. The quantitative estimate of drug-likeness (QED) is 0.795. The Hall–Kier alpha value is -1.74. The number of benzene rings is 1. The second-order valence-corrected chi connectivity index (χ2v) is 3.93. The van der Waals surface area contributed by atoms with Gasteiger partial charge in [0.05, 0.1) is 6.26 Å². The average Bonchev–Trinajstić information content (AvgIpc) is 2.81. The maximum absolute atomic E-state index is 10.0. The number of hydrogen-bond acceptors (Lipinski definition) is 3. The lowest BCUT2D eigenvalue weighted by Gasteiger charge is -2.29. The third-order valence-corrected chi connectivity index (χ3v) is 2.83. The SMILES string of the molecule is O[C@@H]1Cc2ccccc2O[C@H]1c1ccco1. The lowest BCUT2D eigenvalue weighted by atomic mass is 9.98. The third-order valence-electron chi connectivity index (χ3n) is 2.83. The molecule has 16 heavy (non-hydrogen) atoms. The molecule has 2 atom stereocenters. The molecule has 1 aliphatic heterocycles. The summed E-state index contributed by atoms with van der Waals surface area (Å²) >= 11 is 0. The molecule has 3 heteroatoms. The fourth-order valence-electron chi connectivity index (χ4n) is 2.04. The molecule has 3 nitrogen and oxygen atoms in total. The number of fused-ring (bicyclic) bond motifs is 1. The van der Waals surface area contributed by atoms with Crippen molar-refractivity contribution in [2.24, 2.45) is 0 Å². The molecule has 0 fully saturated rings. The molecular weight excluding hydrogens is 204 g/mol. The first-order valence-electron chi connectivity index (χ1n) is 5.30. The minimum Gasteiger partial charge on any atom is -0.479 e. The first-order valence-corrected chi connectivity index (χ1v) is 5.30. The van der Waals surface area contributed by atoms with Crippen LogP contribution in [0.5, 0.6) is 5.75 Å². The van der Waals surface area contributed by atoms with Gasteiger partial charge < -0.3 is 14.3 Å². The number of hydrogen-bond donors (Lipinski definition) is 1. The van der Waals surface area contributed by atoms with Crippen molar-refractivity contribution in [3.8, 4) is 5.75 Å². The largest absolute Gasteiger partial charge is 0.479 e. The molecule has 0 aliphatic carbocycles. The molecule has 0 bridgehead atoms. The van der Waals surface area contributed by atoms with Crippen LogP contribution in [0.4, 0.5) is 0 Å². The Balaban J connectivity index is 1.95. The molecule has 3 rings (SSSR count). The van der Waals surface area contributed by atoms with Crippen molar-refractivity contribution in [3.63, 3.8) is 0 Å². The fraction of sp³-hybridized carbons (Fsp3) is 0.231. The van der Waals surface area contributed by atoms with E-state index in [2.05, 4.69) is 0 Å². The van der Waals surface area contributed by atoms with Gasteiger partial charge in [0.15, 0.2) is 6.10 Å². The van der Waals surface area contributed by atoms with Gasteiger partial charge >= 0.3 is 0 Å². The first kappa shape index (κ1) is 9.48. The summed E-state index contributed by atoms with van der Waals surface area (Å²) in [4.78, 5) is 0. The van der Waals surface area contributed by atoms with E-state index in [1.165, 1.54) is 0 Å². The predicted molar refractivity (Wildman–Crippen MR) is 58.2 cm³/mol. The minimum absolute atomic E-state index is 0.398. The molecular formula is C13H12O3. The summed E-state index contributed by atoms with van der Waals surface area (Å²) in [7, 11) is 0. The Morgan fingerprint density at radius 2 is 2.00 bits per heavy atom. The zero-order valence-electron chi connectivity index (χ0n) is 8.67. The topological polar surface area (TPSA) is 42.6 Å². The molecule has 1 aromatic carbocycles. The van der Waals surface area contributed by atoms with Crippen LogP contribution in [-0.4, -0.2) is 11.2 Å². The molecule has 2 heterocycles. The number of aliphatic hydroxyl groups is 1. The molecule has 0 unspecified atom stereocenters. The van der Waals surface area contributed by atoms with E-state index in [9.17, 15) is 5.11 Å². The van der Waals surface area contributed by atoms with E-state index in [0.717, 1.165) is 11.3 Å². The van der Waals surface area contributed by atoms with Crippen LogP contribution >= 0.6 is 0 Å². The van der Waals surface area contributed by atoms with E-state index in [1.807, 2.05) is 30.3 Å². The van der Waals surface area contributed by atoms with E-state index in [4.69, 9.17) is 9.15 Å².